The molecule has 0 atom stereocenters. The number of carbonyl (C=O) groups excluding carboxylic acids is 2. The lowest BCUT2D eigenvalue weighted by Crippen LogP contribution is -2.56. The molecule has 0 radical (unpaired) electrons. The van der Waals surface area contributed by atoms with Gasteiger partial charge in [-0.05, 0) is 38.5 Å². The molecule has 2 saturated heterocycles. The Morgan fingerprint density at radius 3 is 2.28 bits per heavy atom. The van der Waals surface area contributed by atoms with Gasteiger partial charge >= 0.3 is 6.09 Å². The van der Waals surface area contributed by atoms with Gasteiger partial charge in [-0.1, -0.05) is 28.1 Å². The standard InChI is InChI=1S/C23H30BrN5O3/c1-23(2,3)32-22(31)28-10-8-27(9-11-28)21(30)16-26-14-20(15-26)29-13-18(12-25-29)17-4-6-19(24)7-5-17/h4-7,12-13,20H,8-11,14-16H2,1-3H3. The van der Waals surface area contributed by atoms with E-state index in [4.69, 9.17) is 4.74 Å². The largest absolute Gasteiger partial charge is 0.444 e. The summed E-state index contributed by atoms with van der Waals surface area (Å²) < 4.78 is 8.47. The van der Waals surface area contributed by atoms with Gasteiger partial charge in [0, 0.05) is 55.5 Å². The highest BCUT2D eigenvalue weighted by Crippen LogP contribution is 2.25. The van der Waals surface area contributed by atoms with Crippen LogP contribution in [-0.4, -0.2) is 87.9 Å². The fourth-order valence-corrected chi connectivity index (χ4v) is 4.19. The Kier molecular flexibility index (Phi) is 6.57. The van der Waals surface area contributed by atoms with Gasteiger partial charge in [0.05, 0.1) is 18.8 Å². The molecule has 1 aromatic heterocycles. The van der Waals surface area contributed by atoms with Crippen LogP contribution in [0.15, 0.2) is 41.1 Å². The lowest BCUT2D eigenvalue weighted by atomic mass is 10.1. The summed E-state index contributed by atoms with van der Waals surface area (Å²) in [5.74, 6) is 0.114. The lowest BCUT2D eigenvalue weighted by Gasteiger charge is -2.41. The third kappa shape index (κ3) is 5.50. The van der Waals surface area contributed by atoms with Gasteiger partial charge in [-0.2, -0.15) is 5.10 Å². The minimum atomic E-state index is -0.508. The predicted molar refractivity (Wildman–Crippen MR) is 125 cm³/mol. The zero-order valence-corrected chi connectivity index (χ0v) is 20.4. The molecule has 1 aromatic carbocycles. The topological polar surface area (TPSA) is 70.9 Å². The molecule has 2 aromatic rings. The molecule has 4 rings (SSSR count). The summed E-state index contributed by atoms with van der Waals surface area (Å²) in [5.41, 5.74) is 1.72. The van der Waals surface area contributed by atoms with Gasteiger partial charge in [-0.25, -0.2) is 4.79 Å². The van der Waals surface area contributed by atoms with Crippen LogP contribution in [0, 0.1) is 0 Å². The van der Waals surface area contributed by atoms with Crippen molar-refractivity contribution in [3.05, 3.63) is 41.1 Å². The van der Waals surface area contributed by atoms with Crippen molar-refractivity contribution in [2.75, 3.05) is 45.8 Å². The first-order valence-corrected chi connectivity index (χ1v) is 11.8. The monoisotopic (exact) mass is 503 g/mol. The smallest absolute Gasteiger partial charge is 0.410 e. The summed E-state index contributed by atoms with van der Waals surface area (Å²) in [6.07, 6.45) is 3.65. The van der Waals surface area contributed by atoms with Crippen LogP contribution in [0.1, 0.15) is 26.8 Å². The lowest BCUT2D eigenvalue weighted by molar-refractivity contribution is -0.135. The maximum absolute atomic E-state index is 12.7. The second-order valence-corrected chi connectivity index (χ2v) is 10.3. The summed E-state index contributed by atoms with van der Waals surface area (Å²) >= 11 is 3.46. The van der Waals surface area contributed by atoms with Crippen molar-refractivity contribution in [2.45, 2.75) is 32.4 Å². The third-order valence-electron chi connectivity index (χ3n) is 5.73. The molecule has 0 bridgehead atoms. The minimum absolute atomic E-state index is 0.114. The van der Waals surface area contributed by atoms with Crippen molar-refractivity contribution in [3.8, 4) is 11.1 Å². The number of likely N-dealkylation sites (tertiary alicyclic amines) is 1. The first-order valence-electron chi connectivity index (χ1n) is 11.0. The molecule has 2 amide bonds. The van der Waals surface area contributed by atoms with Crippen molar-refractivity contribution in [3.63, 3.8) is 0 Å². The molecule has 0 N–H and O–H groups in total. The molecular weight excluding hydrogens is 474 g/mol. The van der Waals surface area contributed by atoms with Crippen LogP contribution >= 0.6 is 15.9 Å². The van der Waals surface area contributed by atoms with E-state index in [9.17, 15) is 9.59 Å². The number of hydrogen-bond acceptors (Lipinski definition) is 5. The highest BCUT2D eigenvalue weighted by atomic mass is 79.9. The van der Waals surface area contributed by atoms with Gasteiger partial charge < -0.3 is 14.5 Å². The molecule has 0 saturated carbocycles. The zero-order chi connectivity index (χ0) is 22.9. The van der Waals surface area contributed by atoms with E-state index in [1.807, 2.05) is 48.7 Å². The molecule has 8 nitrogen and oxygen atoms in total. The number of rotatable bonds is 4. The maximum atomic E-state index is 12.7. The highest BCUT2D eigenvalue weighted by Gasteiger charge is 2.33. The molecule has 0 spiro atoms. The van der Waals surface area contributed by atoms with Gasteiger partial charge in [0.15, 0.2) is 0 Å². The second-order valence-electron chi connectivity index (χ2n) is 9.41. The Morgan fingerprint density at radius 1 is 1.03 bits per heavy atom. The van der Waals surface area contributed by atoms with Crippen LogP contribution < -0.4 is 0 Å². The van der Waals surface area contributed by atoms with Gasteiger partial charge in [0.25, 0.3) is 0 Å². The maximum Gasteiger partial charge on any atom is 0.410 e. The van der Waals surface area contributed by atoms with Crippen molar-refractivity contribution >= 4 is 27.9 Å². The fraction of sp³-hybridized carbons (Fsp3) is 0.522. The number of piperazine rings is 1. The van der Waals surface area contributed by atoms with Gasteiger partial charge in [-0.3, -0.25) is 14.4 Å². The van der Waals surface area contributed by atoms with Crippen LogP contribution in [0.4, 0.5) is 4.79 Å². The first kappa shape index (κ1) is 22.8. The minimum Gasteiger partial charge on any atom is -0.444 e. The van der Waals surface area contributed by atoms with Gasteiger partial charge in [0.1, 0.15) is 5.60 Å². The molecule has 2 aliphatic rings. The number of amides is 2. The molecule has 0 unspecified atom stereocenters. The number of hydrogen-bond donors (Lipinski definition) is 0. The quantitative estimate of drug-likeness (QED) is 0.640. The second kappa shape index (κ2) is 9.23. The van der Waals surface area contributed by atoms with E-state index in [0.29, 0.717) is 32.7 Å². The zero-order valence-electron chi connectivity index (χ0n) is 18.8. The Hall–Kier alpha value is -2.39. The van der Waals surface area contributed by atoms with E-state index in [2.05, 4.69) is 44.3 Å². The Labute approximate surface area is 197 Å². The summed E-state index contributed by atoms with van der Waals surface area (Å²) in [7, 11) is 0. The number of halogens is 1. The van der Waals surface area contributed by atoms with Gasteiger partial charge in [0.2, 0.25) is 5.91 Å². The van der Waals surface area contributed by atoms with E-state index in [0.717, 1.165) is 28.7 Å². The van der Waals surface area contributed by atoms with Crippen molar-refractivity contribution in [2.24, 2.45) is 0 Å². The normalized spacial score (nSPS) is 17.9. The van der Waals surface area contributed by atoms with Crippen LogP contribution in [0.3, 0.4) is 0 Å². The van der Waals surface area contributed by atoms with Gasteiger partial charge in [-0.15, -0.1) is 0 Å². The first-order chi connectivity index (χ1) is 15.2. The van der Waals surface area contributed by atoms with Crippen molar-refractivity contribution in [1.29, 1.82) is 0 Å². The molecule has 9 heteroatoms. The molecule has 32 heavy (non-hydrogen) atoms. The Morgan fingerprint density at radius 2 is 1.66 bits per heavy atom. The Balaban J connectivity index is 1.21. The number of carbonyl (C=O) groups is 2. The number of aromatic nitrogens is 2. The van der Waals surface area contributed by atoms with Crippen LogP contribution in [0.2, 0.25) is 0 Å². The summed E-state index contributed by atoms with van der Waals surface area (Å²) in [6.45, 7) is 9.71. The SMILES string of the molecule is CC(C)(C)OC(=O)N1CCN(C(=O)CN2CC(n3cc(-c4ccc(Br)cc4)cn3)C2)CC1. The van der Waals surface area contributed by atoms with E-state index in [1.54, 1.807) is 4.90 Å². The average Bonchev–Trinajstić information content (AvgIpc) is 3.19. The van der Waals surface area contributed by atoms with E-state index >= 15 is 0 Å². The van der Waals surface area contributed by atoms with Crippen LogP contribution in [0.5, 0.6) is 0 Å². The summed E-state index contributed by atoms with van der Waals surface area (Å²) in [5, 5.41) is 4.52. The molecule has 2 aliphatic heterocycles. The molecule has 0 aliphatic carbocycles. The molecule has 172 valence electrons. The fourth-order valence-electron chi connectivity index (χ4n) is 3.92. The number of nitrogens with zero attached hydrogens (tertiary/aromatic N) is 5. The predicted octanol–water partition coefficient (Wildman–Crippen LogP) is 3.25. The van der Waals surface area contributed by atoms with Crippen molar-refractivity contribution < 1.29 is 14.3 Å². The molecular formula is C23H30BrN5O3. The summed E-state index contributed by atoms with van der Waals surface area (Å²) in [6, 6.07) is 8.48. The number of benzene rings is 1. The van der Waals surface area contributed by atoms with Crippen LogP contribution in [0.25, 0.3) is 11.1 Å². The summed E-state index contributed by atoms with van der Waals surface area (Å²) in [4.78, 5) is 30.5. The third-order valence-corrected chi connectivity index (χ3v) is 6.26. The molecule has 2 fully saturated rings. The van der Waals surface area contributed by atoms with E-state index in [1.165, 1.54) is 0 Å². The van der Waals surface area contributed by atoms with E-state index in [-0.39, 0.29) is 18.0 Å². The average molecular weight is 504 g/mol. The van der Waals surface area contributed by atoms with Crippen LogP contribution in [-0.2, 0) is 9.53 Å². The number of ether oxygens (including phenoxy) is 1. The van der Waals surface area contributed by atoms with Crippen molar-refractivity contribution in [1.82, 2.24) is 24.5 Å². The Bertz CT molecular complexity index is 955. The van der Waals surface area contributed by atoms with E-state index < -0.39 is 5.60 Å². The molecule has 3 heterocycles. The highest BCUT2D eigenvalue weighted by molar-refractivity contribution is 9.10.